The number of fused-ring (bicyclic) bond motifs is 1. The second-order valence-electron chi connectivity index (χ2n) is 8.63. The van der Waals surface area contributed by atoms with Gasteiger partial charge in [-0.15, -0.1) is 10.2 Å². The number of aromatic nitrogens is 3. The van der Waals surface area contributed by atoms with Crippen LogP contribution in [0.1, 0.15) is 49.3 Å². The standard InChI is InChI=1S/C25H29ClN4O3/c1-16(2)15-33-23-20(26)13-18(14-21(23)32-3)25(31)27-19-9-7-8-17(12-19)24-29-28-22-10-5-4-6-11-30(22)24/h7-9,12-14,16H,4-6,10-11,15H2,1-3H3,(H,27,31). The first kappa shape index (κ1) is 23.1. The summed E-state index contributed by atoms with van der Waals surface area (Å²) >= 11 is 6.41. The second-order valence-corrected chi connectivity index (χ2v) is 9.04. The third-order valence-corrected chi connectivity index (χ3v) is 5.82. The number of aryl methyl sites for hydroxylation is 1. The molecule has 0 bridgehead atoms. The highest BCUT2D eigenvalue weighted by molar-refractivity contribution is 6.32. The van der Waals surface area contributed by atoms with E-state index in [-0.39, 0.29) is 5.91 Å². The third kappa shape index (κ3) is 5.30. The van der Waals surface area contributed by atoms with Crippen LogP contribution in [0.5, 0.6) is 11.5 Å². The predicted octanol–water partition coefficient (Wildman–Crippen LogP) is 5.62. The third-order valence-electron chi connectivity index (χ3n) is 5.54. The first-order valence-electron chi connectivity index (χ1n) is 11.3. The Labute approximate surface area is 199 Å². The molecule has 1 aliphatic rings. The van der Waals surface area contributed by atoms with Gasteiger partial charge in [0.2, 0.25) is 0 Å². The largest absolute Gasteiger partial charge is 0.493 e. The molecule has 4 rings (SSSR count). The molecule has 0 radical (unpaired) electrons. The van der Waals surface area contributed by atoms with Crippen molar-refractivity contribution in [2.24, 2.45) is 5.92 Å². The van der Waals surface area contributed by atoms with E-state index in [0.29, 0.717) is 40.3 Å². The molecule has 1 aliphatic heterocycles. The lowest BCUT2D eigenvalue weighted by molar-refractivity contribution is 0.102. The highest BCUT2D eigenvalue weighted by Crippen LogP contribution is 2.37. The maximum absolute atomic E-state index is 13.0. The number of rotatable bonds is 7. The first-order chi connectivity index (χ1) is 16.0. The van der Waals surface area contributed by atoms with Crippen LogP contribution in [-0.2, 0) is 13.0 Å². The maximum Gasteiger partial charge on any atom is 0.255 e. The fourth-order valence-electron chi connectivity index (χ4n) is 3.88. The molecule has 0 unspecified atom stereocenters. The van der Waals surface area contributed by atoms with Crippen molar-refractivity contribution >= 4 is 23.2 Å². The highest BCUT2D eigenvalue weighted by atomic mass is 35.5. The van der Waals surface area contributed by atoms with Gasteiger partial charge in [0.25, 0.3) is 5.91 Å². The lowest BCUT2D eigenvalue weighted by Gasteiger charge is -2.15. The summed E-state index contributed by atoms with van der Waals surface area (Å²) < 4.78 is 13.4. The van der Waals surface area contributed by atoms with Crippen LogP contribution >= 0.6 is 11.6 Å². The average molecular weight is 469 g/mol. The molecular formula is C25H29ClN4O3. The van der Waals surface area contributed by atoms with E-state index >= 15 is 0 Å². The number of benzene rings is 2. The van der Waals surface area contributed by atoms with Crippen molar-refractivity contribution in [3.05, 3.63) is 52.8 Å². The number of hydrogen-bond donors (Lipinski definition) is 1. The Morgan fingerprint density at radius 3 is 2.82 bits per heavy atom. The van der Waals surface area contributed by atoms with E-state index in [1.807, 2.05) is 38.1 Å². The van der Waals surface area contributed by atoms with Gasteiger partial charge in [-0.1, -0.05) is 44.0 Å². The number of anilines is 1. The fourth-order valence-corrected chi connectivity index (χ4v) is 4.14. The summed E-state index contributed by atoms with van der Waals surface area (Å²) in [6.45, 7) is 5.51. The molecule has 0 atom stereocenters. The van der Waals surface area contributed by atoms with E-state index in [0.717, 1.165) is 43.0 Å². The molecule has 0 aliphatic carbocycles. The number of nitrogens with zero attached hydrogens (tertiary/aromatic N) is 3. The topological polar surface area (TPSA) is 78.3 Å². The summed E-state index contributed by atoms with van der Waals surface area (Å²) in [5.74, 6) is 2.77. The molecule has 8 heteroatoms. The van der Waals surface area contributed by atoms with Crippen LogP contribution < -0.4 is 14.8 Å². The maximum atomic E-state index is 13.0. The number of ether oxygens (including phenoxy) is 2. The van der Waals surface area contributed by atoms with E-state index in [2.05, 4.69) is 20.1 Å². The van der Waals surface area contributed by atoms with Crippen LogP contribution in [0.25, 0.3) is 11.4 Å². The number of amides is 1. The minimum absolute atomic E-state index is 0.289. The van der Waals surface area contributed by atoms with E-state index in [9.17, 15) is 4.79 Å². The Balaban J connectivity index is 1.55. The number of carbonyl (C=O) groups is 1. The zero-order valence-corrected chi connectivity index (χ0v) is 20.0. The van der Waals surface area contributed by atoms with Gasteiger partial charge >= 0.3 is 0 Å². The van der Waals surface area contributed by atoms with E-state index in [1.54, 1.807) is 12.1 Å². The Hall–Kier alpha value is -3.06. The van der Waals surface area contributed by atoms with Crippen LogP contribution in [0, 0.1) is 5.92 Å². The molecule has 0 saturated heterocycles. The van der Waals surface area contributed by atoms with Gasteiger partial charge in [0.1, 0.15) is 5.82 Å². The molecule has 0 saturated carbocycles. The molecule has 33 heavy (non-hydrogen) atoms. The molecular weight excluding hydrogens is 440 g/mol. The monoisotopic (exact) mass is 468 g/mol. The number of halogens is 1. The molecule has 2 aromatic carbocycles. The Morgan fingerprint density at radius 2 is 2.03 bits per heavy atom. The lowest BCUT2D eigenvalue weighted by atomic mass is 10.1. The zero-order chi connectivity index (χ0) is 23.4. The van der Waals surface area contributed by atoms with Gasteiger partial charge in [-0.05, 0) is 43.0 Å². The van der Waals surface area contributed by atoms with Crippen molar-refractivity contribution in [2.45, 2.75) is 46.1 Å². The van der Waals surface area contributed by atoms with Crippen molar-refractivity contribution in [3.63, 3.8) is 0 Å². The number of methoxy groups -OCH3 is 1. The number of carbonyl (C=O) groups excluding carboxylic acids is 1. The van der Waals surface area contributed by atoms with Gasteiger partial charge < -0.3 is 19.4 Å². The summed E-state index contributed by atoms with van der Waals surface area (Å²) in [5.41, 5.74) is 1.97. The van der Waals surface area contributed by atoms with Gasteiger partial charge in [-0.3, -0.25) is 4.79 Å². The number of nitrogens with one attached hydrogen (secondary N) is 1. The van der Waals surface area contributed by atoms with Crippen LogP contribution in [-0.4, -0.2) is 34.4 Å². The van der Waals surface area contributed by atoms with Crippen molar-refractivity contribution < 1.29 is 14.3 Å². The summed E-state index contributed by atoms with van der Waals surface area (Å²) in [4.78, 5) is 13.0. The molecule has 0 fully saturated rings. The van der Waals surface area contributed by atoms with Crippen LogP contribution in [0.15, 0.2) is 36.4 Å². The molecule has 174 valence electrons. The van der Waals surface area contributed by atoms with E-state index in [4.69, 9.17) is 21.1 Å². The molecule has 7 nitrogen and oxygen atoms in total. The van der Waals surface area contributed by atoms with Crippen molar-refractivity contribution in [1.82, 2.24) is 14.8 Å². The molecule has 1 N–H and O–H groups in total. The Morgan fingerprint density at radius 1 is 1.18 bits per heavy atom. The van der Waals surface area contributed by atoms with Gasteiger partial charge in [0.15, 0.2) is 17.3 Å². The van der Waals surface area contributed by atoms with Crippen molar-refractivity contribution in [2.75, 3.05) is 19.0 Å². The minimum atomic E-state index is -0.289. The summed E-state index contributed by atoms with van der Waals surface area (Å²) in [7, 11) is 1.53. The fraction of sp³-hybridized carbons (Fsp3) is 0.400. The Kier molecular flexibility index (Phi) is 7.18. The summed E-state index contributed by atoms with van der Waals surface area (Å²) in [6.07, 6.45) is 4.41. The average Bonchev–Trinajstić information content (AvgIpc) is 3.06. The lowest BCUT2D eigenvalue weighted by Crippen LogP contribution is -2.13. The second kappa shape index (κ2) is 10.3. The van der Waals surface area contributed by atoms with Crippen LogP contribution in [0.4, 0.5) is 5.69 Å². The van der Waals surface area contributed by atoms with Gasteiger partial charge in [-0.2, -0.15) is 0 Å². The van der Waals surface area contributed by atoms with Crippen molar-refractivity contribution in [3.8, 4) is 22.9 Å². The van der Waals surface area contributed by atoms with Crippen LogP contribution in [0.2, 0.25) is 5.02 Å². The molecule has 1 amide bonds. The quantitative estimate of drug-likeness (QED) is 0.486. The van der Waals surface area contributed by atoms with Crippen LogP contribution in [0.3, 0.4) is 0 Å². The smallest absolute Gasteiger partial charge is 0.255 e. The molecule has 3 aromatic rings. The summed E-state index contributed by atoms with van der Waals surface area (Å²) in [5, 5.41) is 12.1. The Bertz CT molecular complexity index is 1140. The predicted molar refractivity (Wildman–Crippen MR) is 129 cm³/mol. The van der Waals surface area contributed by atoms with Crippen molar-refractivity contribution in [1.29, 1.82) is 0 Å². The van der Waals surface area contributed by atoms with Gasteiger partial charge in [0, 0.05) is 29.8 Å². The normalized spacial score (nSPS) is 13.4. The summed E-state index contributed by atoms with van der Waals surface area (Å²) in [6, 6.07) is 10.9. The van der Waals surface area contributed by atoms with E-state index in [1.165, 1.54) is 13.5 Å². The SMILES string of the molecule is COc1cc(C(=O)Nc2cccc(-c3nnc4n3CCCCC4)c2)cc(Cl)c1OCC(C)C. The first-order valence-corrected chi connectivity index (χ1v) is 11.7. The molecule has 1 aromatic heterocycles. The zero-order valence-electron chi connectivity index (χ0n) is 19.2. The molecule has 2 heterocycles. The van der Waals surface area contributed by atoms with Gasteiger partial charge in [-0.25, -0.2) is 0 Å². The van der Waals surface area contributed by atoms with Gasteiger partial charge in [0.05, 0.1) is 18.7 Å². The number of hydrogen-bond acceptors (Lipinski definition) is 5. The minimum Gasteiger partial charge on any atom is -0.493 e. The molecule has 0 spiro atoms. The van der Waals surface area contributed by atoms with E-state index < -0.39 is 0 Å². The highest BCUT2D eigenvalue weighted by Gasteiger charge is 2.18.